The molecule has 2 N–H and O–H groups in total. The molecule has 104 valence electrons. The summed E-state index contributed by atoms with van der Waals surface area (Å²) in [5, 5.41) is 11.6. The van der Waals surface area contributed by atoms with Gasteiger partial charge >= 0.3 is 12.0 Å². The van der Waals surface area contributed by atoms with Gasteiger partial charge in [0.25, 0.3) is 0 Å². The van der Waals surface area contributed by atoms with Crippen molar-refractivity contribution in [1.82, 2.24) is 10.2 Å². The van der Waals surface area contributed by atoms with Crippen LogP contribution in [0.15, 0.2) is 22.8 Å². The van der Waals surface area contributed by atoms with E-state index in [0.29, 0.717) is 18.2 Å². The van der Waals surface area contributed by atoms with Gasteiger partial charge in [-0.05, 0) is 37.8 Å². The van der Waals surface area contributed by atoms with Crippen molar-refractivity contribution < 1.29 is 19.1 Å². The number of urea groups is 1. The summed E-state index contributed by atoms with van der Waals surface area (Å²) in [4.78, 5) is 24.2. The highest BCUT2D eigenvalue weighted by Crippen LogP contribution is 2.29. The van der Waals surface area contributed by atoms with Crippen molar-refractivity contribution in [2.75, 3.05) is 13.1 Å². The summed E-state index contributed by atoms with van der Waals surface area (Å²) < 4.78 is 5.20. The molecule has 0 aliphatic heterocycles. The van der Waals surface area contributed by atoms with Crippen LogP contribution in [0, 0.1) is 5.92 Å². The predicted molar refractivity (Wildman–Crippen MR) is 67.6 cm³/mol. The number of furan rings is 1. The Morgan fingerprint density at radius 2 is 2.32 bits per heavy atom. The van der Waals surface area contributed by atoms with Gasteiger partial charge in [-0.3, -0.25) is 4.79 Å². The third-order valence-electron chi connectivity index (χ3n) is 3.10. The lowest BCUT2D eigenvalue weighted by Gasteiger charge is -2.23. The van der Waals surface area contributed by atoms with E-state index in [-0.39, 0.29) is 18.6 Å². The SMILES string of the molecule is CC(NC(=O)N(CC(=O)O)CC1CC1)c1ccco1. The third kappa shape index (κ3) is 4.01. The van der Waals surface area contributed by atoms with Crippen molar-refractivity contribution in [2.45, 2.75) is 25.8 Å². The molecule has 1 aliphatic rings. The molecule has 19 heavy (non-hydrogen) atoms. The predicted octanol–water partition coefficient (Wildman–Crippen LogP) is 1.85. The Morgan fingerprint density at radius 3 is 2.84 bits per heavy atom. The molecule has 1 unspecified atom stereocenters. The zero-order valence-corrected chi connectivity index (χ0v) is 10.8. The minimum Gasteiger partial charge on any atom is -0.480 e. The fourth-order valence-corrected chi connectivity index (χ4v) is 1.88. The molecular weight excluding hydrogens is 248 g/mol. The molecule has 1 aromatic rings. The smallest absolute Gasteiger partial charge is 0.323 e. The van der Waals surface area contributed by atoms with Gasteiger partial charge < -0.3 is 19.7 Å². The Labute approximate surface area is 111 Å². The molecule has 2 rings (SSSR count). The number of rotatable bonds is 6. The Hall–Kier alpha value is -1.98. The lowest BCUT2D eigenvalue weighted by molar-refractivity contribution is -0.137. The van der Waals surface area contributed by atoms with Gasteiger partial charge in [-0.25, -0.2) is 4.79 Å². The summed E-state index contributed by atoms with van der Waals surface area (Å²) in [6.07, 6.45) is 3.67. The first kappa shape index (κ1) is 13.5. The van der Waals surface area contributed by atoms with Gasteiger partial charge in [0.1, 0.15) is 12.3 Å². The average Bonchev–Trinajstić information content (AvgIpc) is 2.98. The molecule has 1 heterocycles. The number of hydrogen-bond acceptors (Lipinski definition) is 3. The Balaban J connectivity index is 1.92. The van der Waals surface area contributed by atoms with Crippen LogP contribution in [0.25, 0.3) is 0 Å². The second-order valence-corrected chi connectivity index (χ2v) is 4.90. The van der Waals surface area contributed by atoms with Gasteiger partial charge in [-0.2, -0.15) is 0 Å². The molecule has 1 saturated carbocycles. The van der Waals surface area contributed by atoms with Crippen LogP contribution in [0.3, 0.4) is 0 Å². The Morgan fingerprint density at radius 1 is 1.58 bits per heavy atom. The molecule has 0 spiro atoms. The largest absolute Gasteiger partial charge is 0.480 e. The topological polar surface area (TPSA) is 82.8 Å². The maximum absolute atomic E-state index is 12.1. The minimum absolute atomic E-state index is 0.271. The van der Waals surface area contributed by atoms with Crippen LogP contribution in [0.1, 0.15) is 31.6 Å². The molecule has 0 bridgehead atoms. The zero-order chi connectivity index (χ0) is 13.8. The van der Waals surface area contributed by atoms with Gasteiger partial charge in [0.2, 0.25) is 0 Å². The molecule has 1 aromatic heterocycles. The Kier molecular flexibility index (Phi) is 4.09. The van der Waals surface area contributed by atoms with E-state index < -0.39 is 5.97 Å². The van der Waals surface area contributed by atoms with Crippen LogP contribution in [-0.2, 0) is 4.79 Å². The van der Waals surface area contributed by atoms with Crippen molar-refractivity contribution in [2.24, 2.45) is 5.92 Å². The van der Waals surface area contributed by atoms with E-state index in [4.69, 9.17) is 9.52 Å². The van der Waals surface area contributed by atoms with Crippen LogP contribution in [0.4, 0.5) is 4.79 Å². The molecule has 2 amide bonds. The molecule has 0 radical (unpaired) electrons. The van der Waals surface area contributed by atoms with Crippen molar-refractivity contribution in [3.8, 4) is 0 Å². The van der Waals surface area contributed by atoms with Crippen molar-refractivity contribution in [3.63, 3.8) is 0 Å². The van der Waals surface area contributed by atoms with E-state index in [9.17, 15) is 9.59 Å². The number of carbonyl (C=O) groups excluding carboxylic acids is 1. The molecule has 1 atom stereocenters. The van der Waals surface area contributed by atoms with E-state index >= 15 is 0 Å². The zero-order valence-electron chi connectivity index (χ0n) is 10.8. The highest BCUT2D eigenvalue weighted by molar-refractivity contribution is 5.80. The second kappa shape index (κ2) is 5.77. The highest BCUT2D eigenvalue weighted by atomic mass is 16.4. The molecule has 6 heteroatoms. The Bertz CT molecular complexity index is 440. The first-order valence-corrected chi connectivity index (χ1v) is 6.37. The number of nitrogens with one attached hydrogen (secondary N) is 1. The van der Waals surface area contributed by atoms with Gasteiger partial charge in [0.05, 0.1) is 12.3 Å². The van der Waals surface area contributed by atoms with E-state index in [1.54, 1.807) is 19.1 Å². The quantitative estimate of drug-likeness (QED) is 0.823. The summed E-state index contributed by atoms with van der Waals surface area (Å²) >= 11 is 0. The van der Waals surface area contributed by atoms with Crippen molar-refractivity contribution in [1.29, 1.82) is 0 Å². The number of carbonyl (C=O) groups is 2. The number of carboxylic acids is 1. The van der Waals surface area contributed by atoms with Gasteiger partial charge in [-0.1, -0.05) is 0 Å². The number of hydrogen-bond donors (Lipinski definition) is 2. The summed E-state index contributed by atoms with van der Waals surface area (Å²) in [5.74, 6) is 0.0977. The first-order chi connectivity index (χ1) is 9.06. The van der Waals surface area contributed by atoms with Crippen LogP contribution in [0.5, 0.6) is 0 Å². The summed E-state index contributed by atoms with van der Waals surface area (Å²) in [5.41, 5.74) is 0. The summed E-state index contributed by atoms with van der Waals surface area (Å²) in [6, 6.07) is 2.88. The van der Waals surface area contributed by atoms with E-state index in [0.717, 1.165) is 12.8 Å². The van der Waals surface area contributed by atoms with Gasteiger partial charge in [-0.15, -0.1) is 0 Å². The molecule has 0 aromatic carbocycles. The maximum atomic E-state index is 12.1. The lowest BCUT2D eigenvalue weighted by Crippen LogP contribution is -2.44. The lowest BCUT2D eigenvalue weighted by atomic mass is 10.2. The monoisotopic (exact) mass is 266 g/mol. The minimum atomic E-state index is -0.999. The summed E-state index contributed by atoms with van der Waals surface area (Å²) in [6.45, 7) is 2.03. The van der Waals surface area contributed by atoms with Crippen LogP contribution in [0.2, 0.25) is 0 Å². The number of amides is 2. The maximum Gasteiger partial charge on any atom is 0.323 e. The molecular formula is C13H18N2O4. The molecule has 1 aliphatic carbocycles. The van der Waals surface area contributed by atoms with Gasteiger partial charge in [0, 0.05) is 6.54 Å². The van der Waals surface area contributed by atoms with Crippen LogP contribution >= 0.6 is 0 Å². The first-order valence-electron chi connectivity index (χ1n) is 6.37. The van der Waals surface area contributed by atoms with E-state index in [1.807, 2.05) is 0 Å². The number of nitrogens with zero attached hydrogens (tertiary/aromatic N) is 1. The third-order valence-corrected chi connectivity index (χ3v) is 3.10. The van der Waals surface area contributed by atoms with Gasteiger partial charge in [0.15, 0.2) is 0 Å². The standard InChI is InChI=1S/C13H18N2O4/c1-9(11-3-2-6-19-11)14-13(18)15(8-12(16)17)7-10-4-5-10/h2-3,6,9-10H,4-5,7-8H2,1H3,(H,14,18)(H,16,17). The van der Waals surface area contributed by atoms with Crippen molar-refractivity contribution in [3.05, 3.63) is 24.2 Å². The van der Waals surface area contributed by atoms with E-state index in [2.05, 4.69) is 5.32 Å². The average molecular weight is 266 g/mol. The highest BCUT2D eigenvalue weighted by Gasteiger charge is 2.28. The molecule has 1 fully saturated rings. The fraction of sp³-hybridized carbons (Fsp3) is 0.538. The van der Waals surface area contributed by atoms with Crippen LogP contribution in [-0.4, -0.2) is 35.1 Å². The number of carboxylic acid groups (broad SMARTS) is 1. The van der Waals surface area contributed by atoms with Crippen molar-refractivity contribution >= 4 is 12.0 Å². The normalized spacial score (nSPS) is 15.8. The number of aliphatic carboxylic acids is 1. The van der Waals surface area contributed by atoms with E-state index in [1.165, 1.54) is 11.2 Å². The van der Waals surface area contributed by atoms with Crippen LogP contribution < -0.4 is 5.32 Å². The molecule has 6 nitrogen and oxygen atoms in total. The second-order valence-electron chi connectivity index (χ2n) is 4.90. The summed E-state index contributed by atoms with van der Waals surface area (Å²) in [7, 11) is 0. The molecule has 0 saturated heterocycles. The fourth-order valence-electron chi connectivity index (χ4n) is 1.88.